The predicted molar refractivity (Wildman–Crippen MR) is 268 cm³/mol. The summed E-state index contributed by atoms with van der Waals surface area (Å²) in [4.78, 5) is 16.1. The summed E-state index contributed by atoms with van der Waals surface area (Å²) < 4.78 is 2.37. The van der Waals surface area contributed by atoms with Crippen molar-refractivity contribution < 1.29 is 0 Å². The molecule has 4 heterocycles. The van der Waals surface area contributed by atoms with Crippen molar-refractivity contribution in [2.75, 3.05) is 9.80 Å². The van der Waals surface area contributed by atoms with E-state index in [1.165, 1.54) is 65.9 Å². The van der Waals surface area contributed by atoms with Crippen LogP contribution in [0, 0.1) is 5.92 Å². The van der Waals surface area contributed by atoms with Crippen LogP contribution in [0.2, 0.25) is 0 Å². The van der Waals surface area contributed by atoms with Gasteiger partial charge in [0.05, 0.1) is 40.4 Å². The highest BCUT2D eigenvalue weighted by atomic mass is 15.3. The van der Waals surface area contributed by atoms with Gasteiger partial charge in [-0.25, -0.2) is 9.97 Å². The minimum absolute atomic E-state index is 0.0532. The van der Waals surface area contributed by atoms with E-state index in [0.717, 1.165) is 40.2 Å². The molecule has 0 saturated carbocycles. The van der Waals surface area contributed by atoms with Crippen molar-refractivity contribution in [3.8, 4) is 16.9 Å². The van der Waals surface area contributed by atoms with E-state index in [1.54, 1.807) is 0 Å². The molecule has 2 aliphatic heterocycles. The van der Waals surface area contributed by atoms with Crippen molar-refractivity contribution in [1.29, 1.82) is 0 Å². The zero-order valence-corrected chi connectivity index (χ0v) is 35.6. The van der Waals surface area contributed by atoms with Gasteiger partial charge >= 0.3 is 0 Å². The van der Waals surface area contributed by atoms with E-state index < -0.39 is 0 Å². The Morgan fingerprint density at radius 3 is 2.17 bits per heavy atom. The van der Waals surface area contributed by atoms with Gasteiger partial charge in [0.2, 0.25) is 5.95 Å². The van der Waals surface area contributed by atoms with Gasteiger partial charge in [-0.3, -0.25) is 0 Å². The molecule has 2 aromatic heterocycles. The van der Waals surface area contributed by atoms with Crippen LogP contribution in [0.4, 0.5) is 17.3 Å². The SMILES string of the molecule is C1=CC2c3cc(C4=CC5C6=c7ccccc7=CCC6N(c6nc(-c7ccc8c(c7)c7ccccc7n8-c7ccccc7)c7ccccc7n6)C5C=C4)ccc3N(c3ccccc3)C2C=C1. The third kappa shape index (κ3) is 5.51. The van der Waals surface area contributed by atoms with Crippen LogP contribution in [-0.4, -0.2) is 32.7 Å². The number of nitrogens with zero attached hydrogens (tertiary/aromatic N) is 5. The van der Waals surface area contributed by atoms with Crippen LogP contribution in [-0.2, 0) is 0 Å². The number of allylic oxidation sites excluding steroid dienone is 4. The monoisotopic (exact) mass is 833 g/mol. The molecular weight excluding hydrogens is 791 g/mol. The zero-order chi connectivity index (χ0) is 42.6. The Morgan fingerprint density at radius 1 is 0.538 bits per heavy atom. The molecule has 0 amide bonds. The summed E-state index contributed by atoms with van der Waals surface area (Å²) in [6.45, 7) is 0. The summed E-state index contributed by atoms with van der Waals surface area (Å²) >= 11 is 0. The lowest BCUT2D eigenvalue weighted by Crippen LogP contribution is -2.41. The number of fused-ring (bicyclic) bond motifs is 11. The van der Waals surface area contributed by atoms with E-state index >= 15 is 0 Å². The Bertz CT molecular complexity index is 3690. The number of hydrogen-bond donors (Lipinski definition) is 0. The van der Waals surface area contributed by atoms with Crippen molar-refractivity contribution in [3.63, 3.8) is 0 Å². The lowest BCUT2D eigenvalue weighted by atomic mass is 9.82. The molecule has 14 rings (SSSR count). The highest BCUT2D eigenvalue weighted by molar-refractivity contribution is 6.11. The molecule has 7 aromatic carbocycles. The fraction of sp³-hybridized carbons (Fsp3) is 0.100. The molecule has 3 aliphatic carbocycles. The highest BCUT2D eigenvalue weighted by Crippen LogP contribution is 2.50. The van der Waals surface area contributed by atoms with Crippen LogP contribution >= 0.6 is 0 Å². The molecule has 5 unspecified atom stereocenters. The summed E-state index contributed by atoms with van der Waals surface area (Å²) in [6.07, 6.45) is 19.8. The first-order valence-corrected chi connectivity index (χ1v) is 22.9. The fourth-order valence-corrected chi connectivity index (χ4v) is 11.8. The molecule has 5 atom stereocenters. The average Bonchev–Trinajstić information content (AvgIpc) is 4.01. The summed E-state index contributed by atoms with van der Waals surface area (Å²) in [5.74, 6) is 1.21. The number of benzene rings is 7. The molecule has 1 saturated heterocycles. The molecule has 0 spiro atoms. The Balaban J connectivity index is 0.904. The van der Waals surface area contributed by atoms with E-state index in [9.17, 15) is 0 Å². The summed E-state index contributed by atoms with van der Waals surface area (Å²) in [5, 5.41) is 6.14. The normalized spacial score (nSPS) is 21.3. The molecule has 0 radical (unpaired) electrons. The van der Waals surface area contributed by atoms with Crippen molar-refractivity contribution in [2.45, 2.75) is 30.5 Å². The Morgan fingerprint density at radius 2 is 1.28 bits per heavy atom. The lowest BCUT2D eigenvalue weighted by molar-refractivity contribution is 0.662. The minimum Gasteiger partial charge on any atom is -0.333 e. The van der Waals surface area contributed by atoms with Gasteiger partial charge in [0.25, 0.3) is 0 Å². The maximum absolute atomic E-state index is 5.64. The van der Waals surface area contributed by atoms with Crippen LogP contribution < -0.4 is 20.2 Å². The molecule has 0 bridgehead atoms. The first-order chi connectivity index (χ1) is 32.2. The van der Waals surface area contributed by atoms with Gasteiger partial charge in [0.1, 0.15) is 0 Å². The first kappa shape index (κ1) is 36.5. The molecule has 0 N–H and O–H groups in total. The number of para-hydroxylation sites is 4. The topological polar surface area (TPSA) is 37.2 Å². The van der Waals surface area contributed by atoms with Gasteiger partial charge in [0, 0.05) is 50.6 Å². The van der Waals surface area contributed by atoms with E-state index in [1.807, 2.05) is 0 Å². The van der Waals surface area contributed by atoms with Gasteiger partial charge in [-0.2, -0.15) is 0 Å². The third-order valence-corrected chi connectivity index (χ3v) is 14.6. The van der Waals surface area contributed by atoms with Crippen molar-refractivity contribution in [1.82, 2.24) is 14.5 Å². The van der Waals surface area contributed by atoms with E-state index in [2.05, 4.69) is 233 Å². The van der Waals surface area contributed by atoms with E-state index in [-0.39, 0.29) is 24.0 Å². The van der Waals surface area contributed by atoms with E-state index in [0.29, 0.717) is 5.92 Å². The predicted octanol–water partition coefficient (Wildman–Crippen LogP) is 12.0. The van der Waals surface area contributed by atoms with Crippen molar-refractivity contribution >= 4 is 67.3 Å². The van der Waals surface area contributed by atoms with Crippen LogP contribution in [0.25, 0.3) is 66.9 Å². The van der Waals surface area contributed by atoms with Crippen LogP contribution in [0.5, 0.6) is 0 Å². The van der Waals surface area contributed by atoms with Gasteiger partial charge in [-0.05, 0) is 99.8 Å². The highest BCUT2D eigenvalue weighted by Gasteiger charge is 2.46. The van der Waals surface area contributed by atoms with Gasteiger partial charge < -0.3 is 14.4 Å². The van der Waals surface area contributed by atoms with E-state index in [4.69, 9.17) is 9.97 Å². The largest absolute Gasteiger partial charge is 0.333 e. The van der Waals surface area contributed by atoms with Crippen molar-refractivity contribution in [3.05, 3.63) is 234 Å². The summed E-state index contributed by atoms with van der Waals surface area (Å²) in [6, 6.07) is 62.1. The van der Waals surface area contributed by atoms with Crippen molar-refractivity contribution in [2.24, 2.45) is 5.92 Å². The van der Waals surface area contributed by atoms with Crippen LogP contribution in [0.3, 0.4) is 0 Å². The summed E-state index contributed by atoms with van der Waals surface area (Å²) in [5.41, 5.74) is 14.4. The molecule has 9 aromatic rings. The summed E-state index contributed by atoms with van der Waals surface area (Å²) in [7, 11) is 0. The zero-order valence-electron chi connectivity index (χ0n) is 35.6. The molecule has 5 heteroatoms. The Labute approximate surface area is 377 Å². The molecular formula is C60H43N5. The second-order valence-corrected chi connectivity index (χ2v) is 18.0. The van der Waals surface area contributed by atoms with Gasteiger partial charge in [0.15, 0.2) is 0 Å². The number of anilines is 3. The number of hydrogen-bond acceptors (Lipinski definition) is 4. The van der Waals surface area contributed by atoms with Crippen LogP contribution in [0.1, 0.15) is 23.5 Å². The molecule has 5 aliphatic rings. The third-order valence-electron chi connectivity index (χ3n) is 14.6. The smallest absolute Gasteiger partial charge is 0.227 e. The van der Waals surface area contributed by atoms with Gasteiger partial charge in [-0.15, -0.1) is 0 Å². The average molecular weight is 834 g/mol. The van der Waals surface area contributed by atoms with Gasteiger partial charge in [-0.1, -0.05) is 158 Å². The maximum Gasteiger partial charge on any atom is 0.227 e. The second kappa shape index (κ2) is 14.2. The second-order valence-electron chi connectivity index (χ2n) is 18.0. The first-order valence-electron chi connectivity index (χ1n) is 22.9. The number of aromatic nitrogens is 3. The molecule has 65 heavy (non-hydrogen) atoms. The Kier molecular flexibility index (Phi) is 7.99. The quantitative estimate of drug-likeness (QED) is 0.173. The molecule has 1 fully saturated rings. The maximum atomic E-state index is 5.64. The standard InChI is InChI=1S/C60H43N5/c1-3-16-42(17-4-1)63-52-25-13-10-21-45(52)48-35-39(28-31-54(48)63)40-29-32-56-50(36-40)58-44-20-8-7-15-38(44)27-34-57(58)65(56)60-61-51-24-12-9-23-47(51)59(62-60)41-30-33-55-49(37-41)46-22-11-14-26-53(46)64(55)43-18-5-2-6-19-43/h1-33,35-37,45,50,52,56-57H,34H2. The minimum atomic E-state index is 0.0532. The Hall–Kier alpha value is -8.02. The fourth-order valence-electron chi connectivity index (χ4n) is 11.8. The van der Waals surface area contributed by atoms with Crippen LogP contribution in [0.15, 0.2) is 212 Å². The lowest BCUT2D eigenvalue weighted by Gasteiger charge is -2.31. The molecule has 5 nitrogen and oxygen atoms in total. The molecule has 308 valence electrons. The number of rotatable bonds is 5.